The zero-order valence-electron chi connectivity index (χ0n) is 10.7. The van der Waals surface area contributed by atoms with Gasteiger partial charge in [-0.2, -0.15) is 0 Å². The lowest BCUT2D eigenvalue weighted by Crippen LogP contribution is -2.26. The third-order valence-electron chi connectivity index (χ3n) is 2.77. The molecule has 2 N–H and O–H groups in total. The van der Waals surface area contributed by atoms with E-state index in [4.69, 9.17) is 5.14 Å². The van der Waals surface area contributed by atoms with Gasteiger partial charge in [0, 0.05) is 25.1 Å². The molecule has 1 amide bonds. The van der Waals surface area contributed by atoms with Gasteiger partial charge in [0.2, 0.25) is 10.0 Å². The maximum Gasteiger partial charge on any atom is 0.259 e. The van der Waals surface area contributed by atoms with Crippen molar-refractivity contribution in [3.05, 3.63) is 54.4 Å². The van der Waals surface area contributed by atoms with E-state index >= 15 is 0 Å². The number of sulfonamides is 1. The first-order valence-corrected chi connectivity index (χ1v) is 7.25. The second kappa shape index (κ2) is 5.40. The summed E-state index contributed by atoms with van der Waals surface area (Å²) in [5.74, 6) is -0.235. The number of primary sulfonamides is 1. The maximum atomic E-state index is 12.2. The van der Waals surface area contributed by atoms with E-state index in [2.05, 4.69) is 4.98 Å². The van der Waals surface area contributed by atoms with Crippen LogP contribution in [0, 0.1) is 0 Å². The summed E-state index contributed by atoms with van der Waals surface area (Å²) in [7, 11) is -2.13. The van der Waals surface area contributed by atoms with E-state index in [1.807, 2.05) is 0 Å². The smallest absolute Gasteiger partial charge is 0.259 e. The Bertz CT molecular complexity index is 712. The Hall–Kier alpha value is -2.25. The number of rotatable bonds is 3. The number of carbonyl (C=O) groups excluding carboxylic acids is 1. The monoisotopic (exact) mass is 291 g/mol. The van der Waals surface area contributed by atoms with Gasteiger partial charge in [-0.05, 0) is 36.4 Å². The molecule has 7 heteroatoms. The van der Waals surface area contributed by atoms with E-state index in [9.17, 15) is 13.2 Å². The van der Waals surface area contributed by atoms with E-state index in [1.165, 1.54) is 35.4 Å². The Labute approximate surface area is 116 Å². The van der Waals surface area contributed by atoms with E-state index in [1.54, 1.807) is 25.4 Å². The highest BCUT2D eigenvalue weighted by atomic mass is 32.2. The molecular formula is C13H13N3O3S. The number of aromatic nitrogens is 1. The first kappa shape index (κ1) is 14.2. The summed E-state index contributed by atoms with van der Waals surface area (Å²) < 4.78 is 22.3. The number of hydrogen-bond donors (Lipinski definition) is 1. The lowest BCUT2D eigenvalue weighted by atomic mass is 10.2. The first-order valence-electron chi connectivity index (χ1n) is 5.70. The Morgan fingerprint density at radius 1 is 1.20 bits per heavy atom. The Kier molecular flexibility index (Phi) is 3.82. The topological polar surface area (TPSA) is 93.4 Å². The van der Waals surface area contributed by atoms with Crippen LogP contribution in [0.1, 0.15) is 10.4 Å². The summed E-state index contributed by atoms with van der Waals surface area (Å²) in [4.78, 5) is 17.5. The van der Waals surface area contributed by atoms with Crippen LogP contribution in [0.3, 0.4) is 0 Å². The van der Waals surface area contributed by atoms with Crippen molar-refractivity contribution in [2.24, 2.45) is 5.14 Å². The van der Waals surface area contributed by atoms with Crippen molar-refractivity contribution in [1.29, 1.82) is 0 Å². The fraction of sp³-hybridized carbons (Fsp3) is 0.0769. The molecule has 0 aliphatic carbocycles. The summed E-state index contributed by atoms with van der Waals surface area (Å²) in [5.41, 5.74) is 1.01. The van der Waals surface area contributed by atoms with Crippen LogP contribution in [0.2, 0.25) is 0 Å². The van der Waals surface area contributed by atoms with Gasteiger partial charge in [0.1, 0.15) is 0 Å². The Morgan fingerprint density at radius 3 is 2.35 bits per heavy atom. The van der Waals surface area contributed by atoms with Crippen LogP contribution in [-0.2, 0) is 10.0 Å². The summed E-state index contributed by atoms with van der Waals surface area (Å²) in [6.07, 6.45) is 3.05. The molecule has 2 rings (SSSR count). The molecule has 6 nitrogen and oxygen atoms in total. The van der Waals surface area contributed by atoms with Crippen LogP contribution in [0.5, 0.6) is 0 Å². The van der Waals surface area contributed by atoms with E-state index < -0.39 is 10.0 Å². The summed E-state index contributed by atoms with van der Waals surface area (Å²) >= 11 is 0. The molecule has 1 aromatic heterocycles. The van der Waals surface area contributed by atoms with Gasteiger partial charge in [0.25, 0.3) is 5.91 Å². The normalized spacial score (nSPS) is 11.1. The molecule has 1 aromatic carbocycles. The molecule has 2 aromatic rings. The van der Waals surface area contributed by atoms with Gasteiger partial charge < -0.3 is 4.90 Å². The van der Waals surface area contributed by atoms with Gasteiger partial charge in [-0.25, -0.2) is 13.6 Å². The van der Waals surface area contributed by atoms with Crippen LogP contribution >= 0.6 is 0 Å². The van der Waals surface area contributed by atoms with Crippen LogP contribution in [0.25, 0.3) is 0 Å². The number of carbonyl (C=O) groups is 1. The third kappa shape index (κ3) is 3.01. The molecule has 0 aliphatic rings. The molecule has 1 heterocycles. The zero-order chi connectivity index (χ0) is 14.8. The van der Waals surface area contributed by atoms with Crippen molar-refractivity contribution in [1.82, 2.24) is 4.98 Å². The van der Waals surface area contributed by atoms with Crippen molar-refractivity contribution in [3.63, 3.8) is 0 Å². The summed E-state index contributed by atoms with van der Waals surface area (Å²) in [5, 5.41) is 5.02. The SMILES string of the molecule is CN(C(=O)c1cccnc1)c1ccc(S(N)(=O)=O)cc1. The van der Waals surface area contributed by atoms with Gasteiger partial charge >= 0.3 is 0 Å². The zero-order valence-corrected chi connectivity index (χ0v) is 11.5. The molecule has 20 heavy (non-hydrogen) atoms. The predicted molar refractivity (Wildman–Crippen MR) is 74.8 cm³/mol. The number of nitrogens with zero attached hydrogens (tertiary/aromatic N) is 2. The minimum atomic E-state index is -3.73. The third-order valence-corrected chi connectivity index (χ3v) is 3.69. The van der Waals surface area contributed by atoms with E-state index in [0.29, 0.717) is 11.3 Å². The van der Waals surface area contributed by atoms with Gasteiger partial charge in [0.05, 0.1) is 10.5 Å². The first-order chi connectivity index (χ1) is 9.39. The minimum absolute atomic E-state index is 0.00322. The molecule has 0 saturated heterocycles. The molecule has 0 fully saturated rings. The molecule has 0 unspecified atom stereocenters. The lowest BCUT2D eigenvalue weighted by molar-refractivity contribution is 0.0992. The van der Waals surface area contributed by atoms with Crippen molar-refractivity contribution in [2.75, 3.05) is 11.9 Å². The second-order valence-electron chi connectivity index (χ2n) is 4.14. The molecule has 0 radical (unpaired) electrons. The van der Waals surface area contributed by atoms with Crippen LogP contribution in [0.15, 0.2) is 53.7 Å². The maximum absolute atomic E-state index is 12.2. The Balaban J connectivity index is 2.26. The molecule has 104 valence electrons. The molecular weight excluding hydrogens is 278 g/mol. The van der Waals surface area contributed by atoms with Crippen LogP contribution < -0.4 is 10.0 Å². The lowest BCUT2D eigenvalue weighted by Gasteiger charge is -2.17. The highest BCUT2D eigenvalue weighted by molar-refractivity contribution is 7.89. The summed E-state index contributed by atoms with van der Waals surface area (Å²) in [6, 6.07) is 9.09. The fourth-order valence-corrected chi connectivity index (χ4v) is 2.18. The quantitative estimate of drug-likeness (QED) is 0.913. The average molecular weight is 291 g/mol. The van der Waals surface area contributed by atoms with Gasteiger partial charge in [0.15, 0.2) is 0 Å². The van der Waals surface area contributed by atoms with E-state index in [-0.39, 0.29) is 10.8 Å². The fourth-order valence-electron chi connectivity index (χ4n) is 1.66. The number of nitrogens with two attached hydrogens (primary N) is 1. The largest absolute Gasteiger partial charge is 0.311 e. The van der Waals surface area contributed by atoms with Crippen molar-refractivity contribution < 1.29 is 13.2 Å². The van der Waals surface area contributed by atoms with Gasteiger partial charge in [-0.1, -0.05) is 0 Å². The van der Waals surface area contributed by atoms with Gasteiger partial charge in [-0.15, -0.1) is 0 Å². The van der Waals surface area contributed by atoms with Crippen molar-refractivity contribution in [3.8, 4) is 0 Å². The van der Waals surface area contributed by atoms with Crippen molar-refractivity contribution >= 4 is 21.6 Å². The second-order valence-corrected chi connectivity index (χ2v) is 5.71. The van der Waals surface area contributed by atoms with Crippen LogP contribution in [-0.4, -0.2) is 26.4 Å². The number of pyridine rings is 1. The van der Waals surface area contributed by atoms with Crippen molar-refractivity contribution in [2.45, 2.75) is 4.90 Å². The number of amides is 1. The standard InChI is InChI=1S/C13H13N3O3S/c1-16(13(17)10-3-2-8-15-9-10)11-4-6-12(7-5-11)20(14,18)19/h2-9H,1H3,(H2,14,18,19). The van der Waals surface area contributed by atoms with E-state index in [0.717, 1.165) is 0 Å². The minimum Gasteiger partial charge on any atom is -0.311 e. The predicted octanol–water partition coefficient (Wildman–Crippen LogP) is 1.01. The number of anilines is 1. The highest BCUT2D eigenvalue weighted by Crippen LogP contribution is 2.17. The summed E-state index contributed by atoms with van der Waals surface area (Å²) in [6.45, 7) is 0. The average Bonchev–Trinajstić information content (AvgIpc) is 2.46. The molecule has 0 spiro atoms. The number of hydrogen-bond acceptors (Lipinski definition) is 4. The molecule has 0 bridgehead atoms. The van der Waals surface area contributed by atoms with Gasteiger partial charge in [-0.3, -0.25) is 9.78 Å². The van der Waals surface area contributed by atoms with Crippen LogP contribution in [0.4, 0.5) is 5.69 Å². The Morgan fingerprint density at radius 2 is 1.85 bits per heavy atom. The number of benzene rings is 1. The molecule has 0 saturated carbocycles. The molecule has 0 aliphatic heterocycles. The highest BCUT2D eigenvalue weighted by Gasteiger charge is 2.14. The molecule has 0 atom stereocenters.